The van der Waals surface area contributed by atoms with E-state index >= 15 is 0 Å². The number of halogens is 2. The third-order valence-electron chi connectivity index (χ3n) is 3.37. The molecule has 5 heteroatoms. The first-order valence-electron chi connectivity index (χ1n) is 6.68. The molecule has 0 aliphatic heterocycles. The monoisotopic (exact) mass is 307 g/mol. The van der Waals surface area contributed by atoms with Crippen LogP contribution in [0.4, 0.5) is 5.82 Å². The third-order valence-corrected chi connectivity index (χ3v) is 3.80. The van der Waals surface area contributed by atoms with Crippen molar-refractivity contribution >= 4 is 29.0 Å². The summed E-state index contributed by atoms with van der Waals surface area (Å²) >= 11 is 12.1. The van der Waals surface area contributed by atoms with Crippen molar-refractivity contribution in [1.29, 1.82) is 0 Å². The molecule has 3 rings (SSSR count). The smallest absolute Gasteiger partial charge is 0.135 e. The molecule has 0 radical (unpaired) electrons. The molecule has 1 fully saturated rings. The van der Waals surface area contributed by atoms with Crippen LogP contribution in [-0.2, 0) is 0 Å². The van der Waals surface area contributed by atoms with Gasteiger partial charge in [0, 0.05) is 23.0 Å². The second kappa shape index (κ2) is 5.58. The highest BCUT2D eigenvalue weighted by atomic mass is 35.5. The van der Waals surface area contributed by atoms with E-state index in [1.807, 2.05) is 24.3 Å². The first-order valence-corrected chi connectivity index (χ1v) is 7.44. The summed E-state index contributed by atoms with van der Waals surface area (Å²) in [5.41, 5.74) is 1.11. The molecule has 1 aliphatic rings. The van der Waals surface area contributed by atoms with E-state index in [1.165, 1.54) is 0 Å². The molecule has 20 heavy (non-hydrogen) atoms. The van der Waals surface area contributed by atoms with Crippen LogP contribution in [0.3, 0.4) is 0 Å². The van der Waals surface area contributed by atoms with Gasteiger partial charge in [-0.2, -0.15) is 0 Å². The zero-order valence-electron chi connectivity index (χ0n) is 11.1. The molecule has 2 aromatic rings. The topological polar surface area (TPSA) is 37.8 Å². The fourth-order valence-electron chi connectivity index (χ4n) is 2.11. The van der Waals surface area contributed by atoms with Gasteiger partial charge in [-0.05, 0) is 37.5 Å². The van der Waals surface area contributed by atoms with Gasteiger partial charge >= 0.3 is 0 Å². The molecule has 1 heterocycles. The van der Waals surface area contributed by atoms with Crippen LogP contribution in [0, 0.1) is 0 Å². The molecule has 1 N–H and O–H groups in total. The minimum atomic E-state index is 0.103. The van der Waals surface area contributed by atoms with Crippen LogP contribution in [0.5, 0.6) is 0 Å². The highest BCUT2D eigenvalue weighted by molar-refractivity contribution is 6.30. The molecule has 0 saturated heterocycles. The largest absolute Gasteiger partial charge is 0.363 e. The number of benzene rings is 1. The van der Waals surface area contributed by atoms with Crippen LogP contribution in [0.2, 0.25) is 10.2 Å². The molecule has 1 aromatic heterocycles. The molecule has 1 atom stereocenters. The Bertz CT molecular complexity index is 626. The molecule has 1 unspecified atom stereocenters. The second-order valence-electron chi connectivity index (χ2n) is 5.13. The van der Waals surface area contributed by atoms with Crippen LogP contribution < -0.4 is 5.32 Å². The van der Waals surface area contributed by atoms with E-state index in [1.54, 1.807) is 6.07 Å². The number of hydrogen-bond acceptors (Lipinski definition) is 3. The lowest BCUT2D eigenvalue weighted by molar-refractivity contribution is 0.854. The fourth-order valence-corrected chi connectivity index (χ4v) is 2.50. The van der Waals surface area contributed by atoms with Crippen molar-refractivity contribution in [2.75, 3.05) is 5.32 Å². The van der Waals surface area contributed by atoms with Gasteiger partial charge in [0.1, 0.15) is 16.8 Å². The van der Waals surface area contributed by atoms with Gasteiger partial charge in [0.25, 0.3) is 0 Å². The first-order chi connectivity index (χ1) is 9.61. The number of hydrogen-bond donors (Lipinski definition) is 1. The summed E-state index contributed by atoms with van der Waals surface area (Å²) in [5.74, 6) is 2.09. The first kappa shape index (κ1) is 13.7. The highest BCUT2D eigenvalue weighted by Crippen LogP contribution is 2.39. The number of rotatable bonds is 4. The van der Waals surface area contributed by atoms with Gasteiger partial charge < -0.3 is 5.32 Å². The summed E-state index contributed by atoms with van der Waals surface area (Å²) in [6.07, 6.45) is 2.31. The van der Waals surface area contributed by atoms with Crippen molar-refractivity contribution in [2.24, 2.45) is 0 Å². The van der Waals surface area contributed by atoms with E-state index in [-0.39, 0.29) is 6.04 Å². The molecular formula is C15H15Cl2N3. The van der Waals surface area contributed by atoms with Crippen molar-refractivity contribution in [3.8, 4) is 0 Å². The van der Waals surface area contributed by atoms with Crippen molar-refractivity contribution in [2.45, 2.75) is 31.7 Å². The average molecular weight is 308 g/mol. The normalized spacial score (nSPS) is 15.9. The average Bonchev–Trinajstić information content (AvgIpc) is 3.22. The maximum absolute atomic E-state index is 6.06. The summed E-state index contributed by atoms with van der Waals surface area (Å²) in [4.78, 5) is 8.83. The molecule has 0 bridgehead atoms. The van der Waals surface area contributed by atoms with Crippen molar-refractivity contribution < 1.29 is 0 Å². The molecule has 0 amide bonds. The van der Waals surface area contributed by atoms with Crippen molar-refractivity contribution in [3.05, 3.63) is 51.9 Å². The Morgan fingerprint density at radius 1 is 1.20 bits per heavy atom. The van der Waals surface area contributed by atoms with Crippen LogP contribution in [0.1, 0.15) is 43.1 Å². The zero-order valence-corrected chi connectivity index (χ0v) is 12.6. The Morgan fingerprint density at radius 3 is 2.70 bits per heavy atom. The number of anilines is 1. The number of nitrogens with one attached hydrogen (secondary N) is 1. The van der Waals surface area contributed by atoms with E-state index in [0.29, 0.717) is 11.1 Å². The van der Waals surface area contributed by atoms with Crippen LogP contribution >= 0.6 is 23.2 Å². The Morgan fingerprint density at radius 2 is 2.00 bits per heavy atom. The minimum Gasteiger partial charge on any atom is -0.363 e. The Hall–Kier alpha value is -1.32. The number of aromatic nitrogens is 2. The molecule has 1 aliphatic carbocycles. The lowest BCUT2D eigenvalue weighted by Gasteiger charge is -2.16. The van der Waals surface area contributed by atoms with Gasteiger partial charge in [-0.3, -0.25) is 0 Å². The predicted octanol–water partition coefficient (Wildman–Crippen LogP) is 4.83. The Balaban J connectivity index is 1.80. The maximum Gasteiger partial charge on any atom is 0.135 e. The van der Waals surface area contributed by atoms with Crippen LogP contribution in [0.15, 0.2) is 30.3 Å². The summed E-state index contributed by atoms with van der Waals surface area (Å²) < 4.78 is 0. The quantitative estimate of drug-likeness (QED) is 0.822. The van der Waals surface area contributed by atoms with Gasteiger partial charge in [-0.1, -0.05) is 35.3 Å². The molecule has 104 valence electrons. The minimum absolute atomic E-state index is 0.103. The lowest BCUT2D eigenvalue weighted by atomic mass is 10.1. The summed E-state index contributed by atoms with van der Waals surface area (Å²) in [6, 6.07) is 9.65. The third kappa shape index (κ3) is 3.22. The highest BCUT2D eigenvalue weighted by Gasteiger charge is 2.27. The SMILES string of the molecule is CC(Nc1cc(Cl)nc(C2CC2)n1)c1cccc(Cl)c1. The van der Waals surface area contributed by atoms with Gasteiger partial charge in [-0.25, -0.2) is 9.97 Å². The fraction of sp³-hybridized carbons (Fsp3) is 0.333. The molecule has 1 aromatic carbocycles. The van der Waals surface area contributed by atoms with E-state index in [2.05, 4.69) is 22.2 Å². The summed E-state index contributed by atoms with van der Waals surface area (Å²) in [7, 11) is 0. The van der Waals surface area contributed by atoms with Crippen molar-refractivity contribution in [3.63, 3.8) is 0 Å². The van der Waals surface area contributed by atoms with E-state index in [9.17, 15) is 0 Å². The standard InChI is InChI=1S/C15H15Cl2N3/c1-9(11-3-2-4-12(16)7-11)18-14-8-13(17)19-15(20-14)10-5-6-10/h2-4,7-10H,5-6H2,1H3,(H,18,19,20). The van der Waals surface area contributed by atoms with Crippen molar-refractivity contribution in [1.82, 2.24) is 9.97 Å². The predicted molar refractivity (Wildman–Crippen MR) is 82.5 cm³/mol. The molecular weight excluding hydrogens is 293 g/mol. The maximum atomic E-state index is 6.06. The van der Waals surface area contributed by atoms with Crippen LogP contribution in [-0.4, -0.2) is 9.97 Å². The summed E-state index contributed by atoms with van der Waals surface area (Å²) in [5, 5.41) is 4.58. The van der Waals surface area contributed by atoms with E-state index in [4.69, 9.17) is 23.2 Å². The Kier molecular flexibility index (Phi) is 3.81. The number of nitrogens with zero attached hydrogens (tertiary/aromatic N) is 2. The van der Waals surface area contributed by atoms with Gasteiger partial charge in [0.2, 0.25) is 0 Å². The lowest BCUT2D eigenvalue weighted by Crippen LogP contribution is -2.09. The van der Waals surface area contributed by atoms with Gasteiger partial charge in [-0.15, -0.1) is 0 Å². The van der Waals surface area contributed by atoms with Gasteiger partial charge in [0.05, 0.1) is 0 Å². The molecule has 1 saturated carbocycles. The van der Waals surface area contributed by atoms with Gasteiger partial charge in [0.15, 0.2) is 0 Å². The summed E-state index contributed by atoms with van der Waals surface area (Å²) in [6.45, 7) is 2.07. The molecule has 0 spiro atoms. The zero-order chi connectivity index (χ0) is 14.1. The molecule has 3 nitrogen and oxygen atoms in total. The van der Waals surface area contributed by atoms with Crippen LogP contribution in [0.25, 0.3) is 0 Å². The second-order valence-corrected chi connectivity index (χ2v) is 5.95. The Labute approximate surface area is 128 Å². The van der Waals surface area contributed by atoms with E-state index < -0.39 is 0 Å². The van der Waals surface area contributed by atoms with E-state index in [0.717, 1.165) is 35.1 Å².